The Balaban J connectivity index is 1.60. The first-order chi connectivity index (χ1) is 12.7. The summed E-state index contributed by atoms with van der Waals surface area (Å²) in [5, 5.41) is 3.49. The molecule has 5 rings (SSSR count). The highest BCUT2D eigenvalue weighted by Crippen LogP contribution is 2.35. The van der Waals surface area contributed by atoms with Crippen molar-refractivity contribution in [1.82, 2.24) is 10.3 Å². The maximum absolute atomic E-state index is 11.8. The van der Waals surface area contributed by atoms with Crippen LogP contribution in [-0.4, -0.2) is 21.8 Å². The monoisotopic (exact) mass is 380 g/mol. The van der Waals surface area contributed by atoms with Crippen LogP contribution in [0.4, 0.5) is 0 Å². The summed E-state index contributed by atoms with van der Waals surface area (Å²) >= 11 is 6.25. The third kappa shape index (κ3) is 2.60. The van der Waals surface area contributed by atoms with Crippen molar-refractivity contribution < 1.29 is 13.9 Å². The molecule has 1 aromatic carbocycles. The Kier molecular flexibility index (Phi) is 3.58. The SMILES string of the molecule is O=C1NC(=S)S/C1=C/c1cc2cncc(-c3ccc4c(c3)CCO4)c2o1. The Morgan fingerprint density at radius 2 is 2.19 bits per heavy atom. The Morgan fingerprint density at radius 1 is 1.27 bits per heavy atom. The molecule has 1 fully saturated rings. The summed E-state index contributed by atoms with van der Waals surface area (Å²) in [6.45, 7) is 0.724. The van der Waals surface area contributed by atoms with Crippen molar-refractivity contribution in [3.8, 4) is 16.9 Å². The second-order valence-corrected chi connectivity index (χ2v) is 7.75. The van der Waals surface area contributed by atoms with Crippen LogP contribution in [0.2, 0.25) is 0 Å². The van der Waals surface area contributed by atoms with Gasteiger partial charge in [-0.3, -0.25) is 9.78 Å². The van der Waals surface area contributed by atoms with Gasteiger partial charge in [-0.15, -0.1) is 0 Å². The van der Waals surface area contributed by atoms with E-state index in [2.05, 4.69) is 16.4 Å². The number of hydrogen-bond donors (Lipinski definition) is 1. The zero-order valence-electron chi connectivity index (χ0n) is 13.4. The highest BCUT2D eigenvalue weighted by atomic mass is 32.2. The molecule has 0 aliphatic carbocycles. The molecule has 0 atom stereocenters. The van der Waals surface area contributed by atoms with E-state index in [1.54, 1.807) is 18.5 Å². The van der Waals surface area contributed by atoms with Crippen molar-refractivity contribution in [1.29, 1.82) is 0 Å². The van der Waals surface area contributed by atoms with Gasteiger partial charge in [0, 0.05) is 35.8 Å². The molecule has 26 heavy (non-hydrogen) atoms. The van der Waals surface area contributed by atoms with E-state index in [1.807, 2.05) is 18.2 Å². The van der Waals surface area contributed by atoms with E-state index in [-0.39, 0.29) is 5.91 Å². The van der Waals surface area contributed by atoms with Gasteiger partial charge in [-0.1, -0.05) is 30.0 Å². The van der Waals surface area contributed by atoms with Crippen LogP contribution in [0, 0.1) is 0 Å². The molecule has 0 saturated carbocycles. The molecule has 2 aliphatic rings. The van der Waals surface area contributed by atoms with E-state index in [9.17, 15) is 4.79 Å². The number of pyridine rings is 1. The lowest BCUT2D eigenvalue weighted by atomic mass is 10.0. The Labute approximate surface area is 158 Å². The summed E-state index contributed by atoms with van der Waals surface area (Å²) in [6.07, 6.45) is 6.17. The van der Waals surface area contributed by atoms with E-state index < -0.39 is 0 Å². The van der Waals surface area contributed by atoms with Crippen LogP contribution in [0.3, 0.4) is 0 Å². The number of rotatable bonds is 2. The number of amides is 1. The highest BCUT2D eigenvalue weighted by molar-refractivity contribution is 8.26. The van der Waals surface area contributed by atoms with Crippen molar-refractivity contribution in [2.45, 2.75) is 6.42 Å². The Morgan fingerprint density at radius 3 is 3.04 bits per heavy atom. The molecule has 2 aromatic heterocycles. The molecule has 3 aromatic rings. The molecule has 4 heterocycles. The number of nitrogens with zero attached hydrogens (tertiary/aromatic N) is 1. The molecule has 7 heteroatoms. The van der Waals surface area contributed by atoms with Gasteiger partial charge in [-0.05, 0) is 29.3 Å². The fourth-order valence-corrected chi connectivity index (χ4v) is 4.19. The number of benzene rings is 1. The number of nitrogens with one attached hydrogen (secondary N) is 1. The lowest BCUT2D eigenvalue weighted by Crippen LogP contribution is -2.17. The smallest absolute Gasteiger partial charge is 0.263 e. The van der Waals surface area contributed by atoms with Crippen molar-refractivity contribution in [2.75, 3.05) is 6.61 Å². The molecule has 0 unspecified atom stereocenters. The van der Waals surface area contributed by atoms with Crippen molar-refractivity contribution in [3.05, 3.63) is 52.9 Å². The average Bonchev–Trinajstić information content (AvgIpc) is 3.32. The van der Waals surface area contributed by atoms with Crippen LogP contribution in [0.25, 0.3) is 28.2 Å². The quantitative estimate of drug-likeness (QED) is 0.537. The average molecular weight is 380 g/mol. The van der Waals surface area contributed by atoms with Crippen LogP contribution in [0.5, 0.6) is 5.75 Å². The lowest BCUT2D eigenvalue weighted by Gasteiger charge is -2.04. The summed E-state index contributed by atoms with van der Waals surface area (Å²) in [4.78, 5) is 16.7. The number of furan rings is 1. The summed E-state index contributed by atoms with van der Waals surface area (Å²) in [6, 6.07) is 8.01. The third-order valence-corrected chi connectivity index (χ3v) is 5.52. The summed E-state index contributed by atoms with van der Waals surface area (Å²) in [7, 11) is 0. The minimum atomic E-state index is -0.197. The Bertz CT molecular complexity index is 1120. The van der Waals surface area contributed by atoms with E-state index in [1.165, 1.54) is 17.3 Å². The van der Waals surface area contributed by atoms with Crippen LogP contribution < -0.4 is 10.1 Å². The number of ether oxygens (including phenoxy) is 1. The van der Waals surface area contributed by atoms with Gasteiger partial charge in [0.2, 0.25) is 0 Å². The predicted molar refractivity (Wildman–Crippen MR) is 105 cm³/mol. The first-order valence-electron chi connectivity index (χ1n) is 8.06. The number of aromatic nitrogens is 1. The van der Waals surface area contributed by atoms with E-state index >= 15 is 0 Å². The fraction of sp³-hybridized carbons (Fsp3) is 0.105. The van der Waals surface area contributed by atoms with Gasteiger partial charge in [0.05, 0.1) is 11.5 Å². The number of fused-ring (bicyclic) bond motifs is 2. The fourth-order valence-electron chi connectivity index (χ4n) is 3.16. The van der Waals surface area contributed by atoms with Gasteiger partial charge >= 0.3 is 0 Å². The molecule has 2 aliphatic heterocycles. The molecule has 1 amide bonds. The van der Waals surface area contributed by atoms with Crippen molar-refractivity contribution >= 4 is 51.3 Å². The number of thiocarbonyl (C=S) groups is 1. The maximum Gasteiger partial charge on any atom is 0.263 e. The second kappa shape index (κ2) is 5.96. The van der Waals surface area contributed by atoms with Crippen LogP contribution in [-0.2, 0) is 11.2 Å². The molecule has 1 saturated heterocycles. The van der Waals surface area contributed by atoms with Gasteiger partial charge in [-0.2, -0.15) is 0 Å². The Hall–Kier alpha value is -2.64. The molecule has 0 bridgehead atoms. The summed E-state index contributed by atoms with van der Waals surface area (Å²) in [5.41, 5.74) is 3.90. The van der Waals surface area contributed by atoms with Crippen LogP contribution in [0.15, 0.2) is 46.0 Å². The maximum atomic E-state index is 11.8. The first kappa shape index (κ1) is 15.6. The molecule has 5 nitrogen and oxygen atoms in total. The minimum absolute atomic E-state index is 0.197. The number of thioether (sulfide) groups is 1. The van der Waals surface area contributed by atoms with Crippen LogP contribution >= 0.6 is 24.0 Å². The van der Waals surface area contributed by atoms with E-state index in [0.717, 1.165) is 40.9 Å². The second-order valence-electron chi connectivity index (χ2n) is 6.03. The number of carbonyl (C=O) groups is 1. The molecule has 0 spiro atoms. The zero-order valence-corrected chi connectivity index (χ0v) is 15.1. The molecular formula is C19H12N2O3S2. The topological polar surface area (TPSA) is 64.4 Å². The standard InChI is InChI=1S/C19H12N2O3S2/c22-18-16(26-19(25)21-18)7-13-6-12-8-20-9-14(17(12)24-13)10-1-2-15-11(5-10)3-4-23-15/h1-2,5-9H,3-4H2,(H,21,22,25)/b16-7+. The van der Waals surface area contributed by atoms with Gasteiger partial charge in [0.1, 0.15) is 21.4 Å². The first-order valence-corrected chi connectivity index (χ1v) is 9.28. The molecule has 0 radical (unpaired) electrons. The number of carbonyl (C=O) groups excluding carboxylic acids is 1. The van der Waals surface area contributed by atoms with E-state index in [0.29, 0.717) is 15.0 Å². The third-order valence-electron chi connectivity index (χ3n) is 4.36. The van der Waals surface area contributed by atoms with Gasteiger partial charge < -0.3 is 14.5 Å². The van der Waals surface area contributed by atoms with E-state index in [4.69, 9.17) is 21.4 Å². The van der Waals surface area contributed by atoms with Crippen LogP contribution in [0.1, 0.15) is 11.3 Å². The summed E-state index contributed by atoms with van der Waals surface area (Å²) in [5.74, 6) is 1.34. The normalized spacial score (nSPS) is 17.6. The number of hydrogen-bond acceptors (Lipinski definition) is 6. The molecule has 1 N–H and O–H groups in total. The van der Waals surface area contributed by atoms with Gasteiger partial charge in [0.25, 0.3) is 5.91 Å². The van der Waals surface area contributed by atoms with Crippen molar-refractivity contribution in [2.24, 2.45) is 0 Å². The summed E-state index contributed by atoms with van der Waals surface area (Å²) < 4.78 is 12.1. The van der Waals surface area contributed by atoms with Gasteiger partial charge in [0.15, 0.2) is 0 Å². The molecule has 128 valence electrons. The van der Waals surface area contributed by atoms with Crippen molar-refractivity contribution in [3.63, 3.8) is 0 Å². The predicted octanol–water partition coefficient (Wildman–Crippen LogP) is 3.92. The highest BCUT2D eigenvalue weighted by Gasteiger charge is 2.23. The lowest BCUT2D eigenvalue weighted by molar-refractivity contribution is -0.115. The minimum Gasteiger partial charge on any atom is -0.493 e. The molecular weight excluding hydrogens is 368 g/mol. The van der Waals surface area contributed by atoms with Gasteiger partial charge in [-0.25, -0.2) is 0 Å². The largest absolute Gasteiger partial charge is 0.493 e. The zero-order chi connectivity index (χ0) is 17.7.